The van der Waals surface area contributed by atoms with Crippen molar-refractivity contribution in [2.75, 3.05) is 13.1 Å². The Labute approximate surface area is 147 Å². The number of nitrogens with zero attached hydrogens (tertiary/aromatic N) is 6. The first-order chi connectivity index (χ1) is 12.0. The first kappa shape index (κ1) is 17.2. The predicted molar refractivity (Wildman–Crippen MR) is 91.6 cm³/mol. The van der Waals surface area contributed by atoms with E-state index >= 15 is 0 Å². The van der Waals surface area contributed by atoms with Gasteiger partial charge in [-0.2, -0.15) is 5.10 Å². The van der Waals surface area contributed by atoms with Crippen LogP contribution in [0.2, 0.25) is 0 Å². The van der Waals surface area contributed by atoms with Gasteiger partial charge >= 0.3 is 0 Å². The maximum Gasteiger partial charge on any atom is 0.274 e. The van der Waals surface area contributed by atoms with Crippen molar-refractivity contribution in [2.24, 2.45) is 7.05 Å². The van der Waals surface area contributed by atoms with Gasteiger partial charge in [-0.05, 0) is 12.5 Å². The lowest BCUT2D eigenvalue weighted by Gasteiger charge is -2.26. The van der Waals surface area contributed by atoms with Crippen molar-refractivity contribution < 1.29 is 9.59 Å². The lowest BCUT2D eigenvalue weighted by Crippen LogP contribution is -2.36. The Morgan fingerprint density at radius 2 is 2.12 bits per heavy atom. The summed E-state index contributed by atoms with van der Waals surface area (Å²) in [5.74, 6) is 0.789. The van der Waals surface area contributed by atoms with Gasteiger partial charge in [-0.25, -0.2) is 4.98 Å². The maximum absolute atomic E-state index is 12.9. The highest BCUT2D eigenvalue weighted by molar-refractivity contribution is 5.92. The lowest BCUT2D eigenvalue weighted by molar-refractivity contribution is -0.130. The molecule has 1 aliphatic heterocycles. The van der Waals surface area contributed by atoms with E-state index in [9.17, 15) is 9.59 Å². The second-order valence-corrected chi connectivity index (χ2v) is 6.37. The Hall–Kier alpha value is -2.64. The van der Waals surface area contributed by atoms with Crippen LogP contribution in [0.4, 0.5) is 0 Å². The van der Waals surface area contributed by atoms with E-state index in [1.165, 1.54) is 0 Å². The molecule has 0 saturated carbocycles. The fourth-order valence-corrected chi connectivity index (χ4v) is 3.04. The van der Waals surface area contributed by atoms with Crippen molar-refractivity contribution in [3.63, 3.8) is 0 Å². The lowest BCUT2D eigenvalue weighted by atomic mass is 10.2. The van der Waals surface area contributed by atoms with Crippen LogP contribution in [0.15, 0.2) is 18.5 Å². The third-order valence-electron chi connectivity index (χ3n) is 4.50. The number of hydrogen-bond acceptors (Lipinski definition) is 4. The summed E-state index contributed by atoms with van der Waals surface area (Å²) in [6.45, 7) is 6.46. The molecule has 134 valence electrons. The maximum atomic E-state index is 12.9. The molecule has 0 bridgehead atoms. The average molecular weight is 344 g/mol. The SMILES string of the molecule is CCCN(Cc1nccn1C)C(=O)c1cc2n(n1)CCN(C(C)=O)C2. The Morgan fingerprint density at radius 1 is 1.32 bits per heavy atom. The van der Waals surface area contributed by atoms with Crippen LogP contribution in [0.5, 0.6) is 0 Å². The van der Waals surface area contributed by atoms with E-state index in [0.29, 0.717) is 38.4 Å². The van der Waals surface area contributed by atoms with Gasteiger partial charge in [-0.3, -0.25) is 14.3 Å². The summed E-state index contributed by atoms with van der Waals surface area (Å²) < 4.78 is 3.75. The van der Waals surface area contributed by atoms with Crippen molar-refractivity contribution in [1.29, 1.82) is 0 Å². The number of imidazole rings is 1. The topological polar surface area (TPSA) is 76.3 Å². The molecule has 0 unspecified atom stereocenters. The minimum Gasteiger partial charge on any atom is -0.337 e. The van der Waals surface area contributed by atoms with Gasteiger partial charge in [0.2, 0.25) is 5.91 Å². The standard InChI is InChI=1S/C17H24N6O2/c1-4-6-22(12-16-18-5-7-20(16)3)17(25)15-10-14-11-21(13(2)24)8-9-23(14)19-15/h5,7,10H,4,6,8-9,11-12H2,1-3H3. The smallest absolute Gasteiger partial charge is 0.274 e. The number of hydrogen-bond donors (Lipinski definition) is 0. The zero-order valence-corrected chi connectivity index (χ0v) is 15.0. The molecule has 2 aromatic rings. The fraction of sp³-hybridized carbons (Fsp3) is 0.529. The van der Waals surface area contributed by atoms with Crippen molar-refractivity contribution in [3.8, 4) is 0 Å². The molecule has 0 saturated heterocycles. The summed E-state index contributed by atoms with van der Waals surface area (Å²) in [6, 6.07) is 1.80. The first-order valence-corrected chi connectivity index (χ1v) is 8.57. The van der Waals surface area contributed by atoms with E-state index in [1.807, 2.05) is 29.4 Å². The molecular formula is C17H24N6O2. The second-order valence-electron chi connectivity index (χ2n) is 6.37. The molecule has 8 heteroatoms. The molecule has 3 heterocycles. The Balaban J connectivity index is 1.79. The number of amides is 2. The van der Waals surface area contributed by atoms with Crippen LogP contribution in [0.1, 0.15) is 42.3 Å². The zero-order valence-electron chi connectivity index (χ0n) is 15.0. The van der Waals surface area contributed by atoms with Gasteiger partial charge < -0.3 is 14.4 Å². The van der Waals surface area contributed by atoms with Gasteiger partial charge in [-0.1, -0.05) is 6.92 Å². The van der Waals surface area contributed by atoms with Gasteiger partial charge in [0, 0.05) is 39.5 Å². The Kier molecular flexibility index (Phi) is 4.87. The zero-order chi connectivity index (χ0) is 18.0. The molecule has 1 aliphatic rings. The predicted octanol–water partition coefficient (Wildman–Crippen LogP) is 1.03. The quantitative estimate of drug-likeness (QED) is 0.812. The molecular weight excluding hydrogens is 320 g/mol. The number of carbonyl (C=O) groups is 2. The van der Waals surface area contributed by atoms with E-state index in [1.54, 1.807) is 29.0 Å². The van der Waals surface area contributed by atoms with Gasteiger partial charge in [0.1, 0.15) is 5.82 Å². The van der Waals surface area contributed by atoms with Crippen LogP contribution in [-0.2, 0) is 31.5 Å². The summed E-state index contributed by atoms with van der Waals surface area (Å²) >= 11 is 0. The summed E-state index contributed by atoms with van der Waals surface area (Å²) in [4.78, 5) is 32.4. The van der Waals surface area contributed by atoms with Crippen LogP contribution in [0.3, 0.4) is 0 Å². The van der Waals surface area contributed by atoms with Gasteiger partial charge in [0.25, 0.3) is 5.91 Å². The number of aromatic nitrogens is 4. The van der Waals surface area contributed by atoms with Crippen LogP contribution >= 0.6 is 0 Å². The molecule has 3 rings (SSSR count). The Morgan fingerprint density at radius 3 is 2.76 bits per heavy atom. The summed E-state index contributed by atoms with van der Waals surface area (Å²) in [5.41, 5.74) is 1.33. The van der Waals surface area contributed by atoms with E-state index in [0.717, 1.165) is 17.9 Å². The van der Waals surface area contributed by atoms with Crippen molar-refractivity contribution >= 4 is 11.8 Å². The fourth-order valence-electron chi connectivity index (χ4n) is 3.04. The highest BCUT2D eigenvalue weighted by atomic mass is 16.2. The molecule has 0 atom stereocenters. The highest BCUT2D eigenvalue weighted by Crippen LogP contribution is 2.16. The normalized spacial score (nSPS) is 13.6. The van der Waals surface area contributed by atoms with Crippen LogP contribution < -0.4 is 0 Å². The Bertz CT molecular complexity index is 778. The molecule has 0 radical (unpaired) electrons. The molecule has 0 fully saturated rings. The van der Waals surface area contributed by atoms with Gasteiger partial charge in [0.05, 0.1) is 25.3 Å². The monoisotopic (exact) mass is 344 g/mol. The summed E-state index contributed by atoms with van der Waals surface area (Å²) in [6.07, 6.45) is 4.47. The van der Waals surface area contributed by atoms with Gasteiger partial charge in [-0.15, -0.1) is 0 Å². The number of aryl methyl sites for hydroxylation is 1. The first-order valence-electron chi connectivity index (χ1n) is 8.57. The van der Waals surface area contributed by atoms with Crippen molar-refractivity contribution in [2.45, 2.75) is 39.9 Å². The van der Waals surface area contributed by atoms with Crippen molar-refractivity contribution in [3.05, 3.63) is 35.7 Å². The van der Waals surface area contributed by atoms with Crippen LogP contribution in [0.25, 0.3) is 0 Å². The minimum absolute atomic E-state index is 0.0442. The molecule has 2 amide bonds. The summed E-state index contributed by atoms with van der Waals surface area (Å²) in [5, 5.41) is 4.46. The molecule has 0 aliphatic carbocycles. The second kappa shape index (κ2) is 7.08. The van der Waals surface area contributed by atoms with E-state index in [2.05, 4.69) is 10.1 Å². The van der Waals surface area contributed by atoms with E-state index < -0.39 is 0 Å². The molecule has 25 heavy (non-hydrogen) atoms. The number of fused-ring (bicyclic) bond motifs is 1. The molecule has 8 nitrogen and oxygen atoms in total. The molecule has 2 aromatic heterocycles. The van der Waals surface area contributed by atoms with E-state index in [-0.39, 0.29) is 11.8 Å². The molecule has 0 spiro atoms. The van der Waals surface area contributed by atoms with Gasteiger partial charge in [0.15, 0.2) is 5.69 Å². The van der Waals surface area contributed by atoms with Crippen LogP contribution in [-0.4, -0.2) is 54.0 Å². The summed E-state index contributed by atoms with van der Waals surface area (Å²) in [7, 11) is 1.92. The minimum atomic E-state index is -0.0962. The van der Waals surface area contributed by atoms with Crippen LogP contribution in [0, 0.1) is 0 Å². The number of rotatable bonds is 5. The molecule has 0 N–H and O–H groups in total. The third kappa shape index (κ3) is 3.57. The molecule has 0 aromatic carbocycles. The average Bonchev–Trinajstić information content (AvgIpc) is 3.19. The largest absolute Gasteiger partial charge is 0.337 e. The number of carbonyl (C=O) groups excluding carboxylic acids is 2. The third-order valence-corrected chi connectivity index (χ3v) is 4.50. The van der Waals surface area contributed by atoms with Crippen molar-refractivity contribution in [1.82, 2.24) is 29.1 Å². The highest BCUT2D eigenvalue weighted by Gasteiger charge is 2.25. The van der Waals surface area contributed by atoms with E-state index in [4.69, 9.17) is 0 Å².